The summed E-state index contributed by atoms with van der Waals surface area (Å²) in [5, 5.41) is 7.16. The van der Waals surface area contributed by atoms with Crippen molar-refractivity contribution in [3.63, 3.8) is 0 Å². The average Bonchev–Trinajstić information content (AvgIpc) is 2.90. The molecule has 1 aromatic carbocycles. The van der Waals surface area contributed by atoms with Crippen LogP contribution in [0.3, 0.4) is 0 Å². The maximum absolute atomic E-state index is 12.6. The second kappa shape index (κ2) is 6.61. The van der Waals surface area contributed by atoms with Crippen LogP contribution in [0.25, 0.3) is 0 Å². The highest BCUT2D eigenvalue weighted by molar-refractivity contribution is 7.92. The van der Waals surface area contributed by atoms with E-state index < -0.39 is 26.5 Å². The molecule has 0 N–H and O–H groups in total. The van der Waals surface area contributed by atoms with E-state index in [1.165, 1.54) is 25.4 Å². The number of carbonyl (C=O) groups excluding carboxylic acids is 1. The zero-order valence-corrected chi connectivity index (χ0v) is 15.6. The van der Waals surface area contributed by atoms with E-state index in [0.29, 0.717) is 0 Å². The number of aromatic nitrogens is 2. The van der Waals surface area contributed by atoms with Crippen molar-refractivity contribution in [3.8, 4) is 0 Å². The minimum Gasteiger partial charge on any atom is -0.408 e. The second-order valence-electron chi connectivity index (χ2n) is 4.95. The largest absolute Gasteiger partial charge is 0.408 e. The van der Waals surface area contributed by atoms with Crippen LogP contribution in [-0.4, -0.2) is 48.3 Å². The molecule has 24 heavy (non-hydrogen) atoms. The molecule has 1 aromatic heterocycles. The fraction of sp³-hybridized carbons (Fsp3) is 0.308. The Morgan fingerprint density at radius 2 is 1.96 bits per heavy atom. The number of hydrogen-bond acceptors (Lipinski definition) is 7. The van der Waals surface area contributed by atoms with Crippen molar-refractivity contribution in [1.82, 2.24) is 10.2 Å². The third-order valence-electron chi connectivity index (χ3n) is 3.09. The van der Waals surface area contributed by atoms with Gasteiger partial charge >= 0.3 is 6.01 Å². The lowest BCUT2D eigenvalue weighted by atomic mass is 10.2. The smallest absolute Gasteiger partial charge is 0.324 e. The molecule has 1 unspecified atom stereocenters. The topological polar surface area (TPSA) is 110 Å². The lowest BCUT2D eigenvalue weighted by Gasteiger charge is -2.15. The van der Waals surface area contributed by atoms with Gasteiger partial charge in [-0.2, -0.15) is 0 Å². The Bertz CT molecular complexity index is 939. The van der Waals surface area contributed by atoms with Gasteiger partial charge in [0.25, 0.3) is 5.91 Å². The second-order valence-corrected chi connectivity index (χ2v) is 8.63. The number of hydrogen-bond donors (Lipinski definition) is 0. The standard InChI is InChI=1S/C13H14ClN3O5S2/c1-7-15-16-13(22-7)17(2)12(18)8-5-6-9(24(4,20)21)11(10(8)14)23(3)19/h5-6H,1-4H3. The molecule has 0 aliphatic rings. The first kappa shape index (κ1) is 18.6. The molecule has 130 valence electrons. The molecule has 1 atom stereocenters. The van der Waals surface area contributed by atoms with Crippen LogP contribution in [0, 0.1) is 6.92 Å². The summed E-state index contributed by atoms with van der Waals surface area (Å²) < 4.78 is 40.8. The van der Waals surface area contributed by atoms with Gasteiger partial charge in [-0.3, -0.25) is 13.9 Å². The van der Waals surface area contributed by atoms with Gasteiger partial charge in [0.15, 0.2) is 9.84 Å². The van der Waals surface area contributed by atoms with Crippen LogP contribution in [0.2, 0.25) is 5.02 Å². The van der Waals surface area contributed by atoms with Crippen molar-refractivity contribution in [1.29, 1.82) is 0 Å². The van der Waals surface area contributed by atoms with Gasteiger partial charge in [-0.1, -0.05) is 16.7 Å². The fourth-order valence-electron chi connectivity index (χ4n) is 1.95. The predicted octanol–water partition coefficient (Wildman–Crippen LogP) is 1.45. The Kier molecular flexibility index (Phi) is 5.11. The van der Waals surface area contributed by atoms with Crippen LogP contribution in [0.5, 0.6) is 0 Å². The molecule has 0 aliphatic carbocycles. The first-order valence-electron chi connectivity index (χ1n) is 6.48. The number of amides is 1. The van der Waals surface area contributed by atoms with E-state index >= 15 is 0 Å². The summed E-state index contributed by atoms with van der Waals surface area (Å²) >= 11 is 6.17. The van der Waals surface area contributed by atoms with Gasteiger partial charge in [-0.25, -0.2) is 8.42 Å². The van der Waals surface area contributed by atoms with Gasteiger partial charge in [0, 0.05) is 26.5 Å². The number of nitrogens with zero attached hydrogens (tertiary/aromatic N) is 3. The molecule has 0 fully saturated rings. The average molecular weight is 392 g/mol. The molecule has 8 nitrogen and oxygen atoms in total. The Morgan fingerprint density at radius 3 is 2.42 bits per heavy atom. The van der Waals surface area contributed by atoms with E-state index in [9.17, 15) is 17.4 Å². The van der Waals surface area contributed by atoms with E-state index in [4.69, 9.17) is 16.0 Å². The van der Waals surface area contributed by atoms with E-state index in [1.54, 1.807) is 6.92 Å². The summed E-state index contributed by atoms with van der Waals surface area (Å²) in [5.74, 6) is -0.325. The highest BCUT2D eigenvalue weighted by atomic mass is 35.5. The molecule has 1 heterocycles. The molecule has 0 spiro atoms. The number of anilines is 1. The molecular formula is C13H14ClN3O5S2. The number of aryl methyl sites for hydroxylation is 1. The summed E-state index contributed by atoms with van der Waals surface area (Å²) in [4.78, 5) is 13.4. The molecule has 0 radical (unpaired) electrons. The van der Waals surface area contributed by atoms with E-state index in [1.807, 2.05) is 0 Å². The van der Waals surface area contributed by atoms with Crippen LogP contribution in [-0.2, 0) is 20.6 Å². The molecule has 1 amide bonds. The number of rotatable bonds is 4. The lowest BCUT2D eigenvalue weighted by molar-refractivity contribution is 0.0988. The van der Waals surface area contributed by atoms with Crippen molar-refractivity contribution in [3.05, 3.63) is 28.6 Å². The van der Waals surface area contributed by atoms with E-state index in [2.05, 4.69) is 10.2 Å². The summed E-state index contributed by atoms with van der Waals surface area (Å²) in [6, 6.07) is 2.43. The normalized spacial score (nSPS) is 12.9. The third-order valence-corrected chi connectivity index (χ3v) is 5.86. The van der Waals surface area contributed by atoms with Gasteiger partial charge in [-0.15, -0.1) is 5.10 Å². The maximum atomic E-state index is 12.6. The van der Waals surface area contributed by atoms with Gasteiger partial charge in [0.05, 0.1) is 31.2 Å². The van der Waals surface area contributed by atoms with Crippen LogP contribution < -0.4 is 4.90 Å². The zero-order valence-electron chi connectivity index (χ0n) is 13.2. The van der Waals surface area contributed by atoms with Crippen molar-refractivity contribution >= 4 is 44.2 Å². The van der Waals surface area contributed by atoms with Crippen LogP contribution in [0.4, 0.5) is 6.01 Å². The molecule has 11 heteroatoms. The summed E-state index contributed by atoms with van der Waals surface area (Å²) in [7, 11) is -3.97. The Labute approximate surface area is 146 Å². The molecule has 0 saturated heterocycles. The summed E-state index contributed by atoms with van der Waals surface area (Å²) in [6.45, 7) is 1.57. The molecule has 2 rings (SSSR count). The SMILES string of the molecule is Cc1nnc(N(C)C(=O)c2ccc(S(C)(=O)=O)c(S(C)=O)c2Cl)o1. The highest BCUT2D eigenvalue weighted by Crippen LogP contribution is 2.31. The number of sulfone groups is 1. The number of halogens is 1. The molecule has 0 saturated carbocycles. The van der Waals surface area contributed by atoms with Crippen LogP contribution in [0.15, 0.2) is 26.3 Å². The van der Waals surface area contributed by atoms with Crippen molar-refractivity contribution in [2.24, 2.45) is 0 Å². The summed E-state index contributed by atoms with van der Waals surface area (Å²) in [5.41, 5.74) is -0.0207. The summed E-state index contributed by atoms with van der Waals surface area (Å²) in [6.07, 6.45) is 2.26. The minimum absolute atomic E-state index is 0.0207. The monoisotopic (exact) mass is 391 g/mol. The van der Waals surface area contributed by atoms with Gasteiger partial charge in [0.1, 0.15) is 0 Å². The quantitative estimate of drug-likeness (QED) is 0.775. The minimum atomic E-state index is -3.66. The first-order chi connectivity index (χ1) is 11.0. The van der Waals surface area contributed by atoms with E-state index in [-0.39, 0.29) is 32.3 Å². The first-order valence-corrected chi connectivity index (χ1v) is 10.3. The van der Waals surface area contributed by atoms with Crippen LogP contribution in [0.1, 0.15) is 16.2 Å². The van der Waals surface area contributed by atoms with Gasteiger partial charge < -0.3 is 4.42 Å². The Balaban J connectivity index is 2.58. The van der Waals surface area contributed by atoms with Crippen molar-refractivity contribution < 1.29 is 21.8 Å². The zero-order chi connectivity index (χ0) is 18.2. The Morgan fingerprint density at radius 1 is 1.33 bits per heavy atom. The third kappa shape index (κ3) is 3.50. The predicted molar refractivity (Wildman–Crippen MR) is 88.7 cm³/mol. The van der Waals surface area contributed by atoms with Crippen molar-refractivity contribution in [2.75, 3.05) is 24.5 Å². The van der Waals surface area contributed by atoms with Crippen LogP contribution >= 0.6 is 11.6 Å². The lowest BCUT2D eigenvalue weighted by Crippen LogP contribution is -2.27. The fourth-order valence-corrected chi connectivity index (χ4v) is 4.85. The number of carbonyl (C=O) groups is 1. The highest BCUT2D eigenvalue weighted by Gasteiger charge is 2.27. The molecule has 0 bridgehead atoms. The van der Waals surface area contributed by atoms with Crippen molar-refractivity contribution in [2.45, 2.75) is 16.7 Å². The number of benzene rings is 1. The maximum Gasteiger partial charge on any atom is 0.324 e. The molecule has 2 aromatic rings. The Hall–Kier alpha value is -1.78. The van der Waals surface area contributed by atoms with Gasteiger partial charge in [-0.05, 0) is 12.1 Å². The van der Waals surface area contributed by atoms with E-state index in [0.717, 1.165) is 11.2 Å². The molecule has 0 aliphatic heterocycles. The molecular weight excluding hydrogens is 378 g/mol. The van der Waals surface area contributed by atoms with Gasteiger partial charge in [0.2, 0.25) is 5.89 Å².